The second-order valence-electron chi connectivity index (χ2n) is 11.7. The van der Waals surface area contributed by atoms with Crippen molar-refractivity contribution in [1.82, 2.24) is 15.1 Å². The van der Waals surface area contributed by atoms with Crippen molar-refractivity contribution < 1.29 is 28.8 Å². The summed E-state index contributed by atoms with van der Waals surface area (Å²) in [5.74, 6) is -0.923. The van der Waals surface area contributed by atoms with Gasteiger partial charge in [-0.05, 0) is 74.8 Å². The Labute approximate surface area is 215 Å². The molecule has 0 spiro atoms. The summed E-state index contributed by atoms with van der Waals surface area (Å²) < 4.78 is 12.7. The summed E-state index contributed by atoms with van der Waals surface area (Å²) in [7, 11) is 0.884. The normalized spacial score (nSPS) is 20.1. The van der Waals surface area contributed by atoms with Gasteiger partial charge in [-0.25, -0.2) is 4.79 Å². The van der Waals surface area contributed by atoms with Crippen molar-refractivity contribution in [2.24, 2.45) is 0 Å². The molecular formula is C26H42BN3O6. The Bertz CT molecular complexity index is 962. The van der Waals surface area contributed by atoms with Gasteiger partial charge >= 0.3 is 13.2 Å². The summed E-state index contributed by atoms with van der Waals surface area (Å²) in [5.41, 5.74) is -2.22. The zero-order chi connectivity index (χ0) is 27.9. The molecule has 10 heteroatoms. The molecule has 200 valence electrons. The van der Waals surface area contributed by atoms with Gasteiger partial charge in [0.15, 0.2) is 0 Å². The highest BCUT2D eigenvalue weighted by Crippen LogP contribution is 2.44. The molecule has 1 aromatic carbocycles. The minimum absolute atomic E-state index is 0.366. The van der Waals surface area contributed by atoms with Crippen molar-refractivity contribution in [2.75, 3.05) is 7.05 Å². The number of amides is 3. The summed E-state index contributed by atoms with van der Waals surface area (Å²) in [6, 6.07) is 7.57. The largest absolute Gasteiger partial charge is 0.490 e. The summed E-state index contributed by atoms with van der Waals surface area (Å²) in [5, 5.41) is 12.3. The van der Waals surface area contributed by atoms with Crippen LogP contribution >= 0.6 is 0 Å². The first-order valence-corrected chi connectivity index (χ1v) is 12.3. The number of carboxylic acid groups (broad SMARTS) is 1. The van der Waals surface area contributed by atoms with E-state index in [0.29, 0.717) is 0 Å². The van der Waals surface area contributed by atoms with Crippen molar-refractivity contribution in [1.29, 1.82) is 0 Å². The average Bonchev–Trinajstić information content (AvgIpc) is 2.98. The molecule has 0 aliphatic carbocycles. The molecule has 1 fully saturated rings. The second kappa shape index (κ2) is 10.1. The third kappa shape index (κ3) is 5.54. The van der Waals surface area contributed by atoms with Crippen LogP contribution in [-0.4, -0.2) is 75.8 Å². The summed E-state index contributed by atoms with van der Waals surface area (Å²) in [6.07, 6.45) is -1.21. The fraction of sp³-hybridized carbons (Fsp3) is 0.654. The molecule has 36 heavy (non-hydrogen) atoms. The van der Waals surface area contributed by atoms with Crippen LogP contribution in [0.15, 0.2) is 30.3 Å². The molecule has 3 unspecified atom stereocenters. The molecule has 1 aliphatic rings. The number of nitrogens with one attached hydrogen (secondary N) is 1. The predicted octanol–water partition coefficient (Wildman–Crippen LogP) is 3.66. The Balaban J connectivity index is 2.35. The predicted molar refractivity (Wildman–Crippen MR) is 139 cm³/mol. The van der Waals surface area contributed by atoms with Gasteiger partial charge in [-0.3, -0.25) is 14.5 Å². The molecule has 1 saturated heterocycles. The van der Waals surface area contributed by atoms with Gasteiger partial charge in [0, 0.05) is 12.6 Å². The number of carbonyl (C=O) groups is 3. The van der Waals surface area contributed by atoms with E-state index in [0.717, 1.165) is 10.5 Å². The van der Waals surface area contributed by atoms with Crippen LogP contribution in [0.3, 0.4) is 0 Å². The zero-order valence-corrected chi connectivity index (χ0v) is 23.5. The van der Waals surface area contributed by atoms with Crippen molar-refractivity contribution >= 4 is 25.0 Å². The van der Waals surface area contributed by atoms with Gasteiger partial charge in [-0.2, -0.15) is 0 Å². The van der Waals surface area contributed by atoms with Gasteiger partial charge < -0.3 is 24.6 Å². The molecule has 2 rings (SSSR count). The third-order valence-corrected chi connectivity index (χ3v) is 7.52. The topological polar surface area (TPSA) is 108 Å². The summed E-state index contributed by atoms with van der Waals surface area (Å²) in [4.78, 5) is 41.1. The maximum Gasteiger partial charge on any atom is 0.490 e. The number of benzene rings is 1. The lowest BCUT2D eigenvalue weighted by molar-refractivity contribution is -0.139. The van der Waals surface area contributed by atoms with E-state index in [1.54, 1.807) is 39.6 Å². The second-order valence-corrected chi connectivity index (χ2v) is 11.7. The molecule has 0 saturated carbocycles. The molecule has 3 atom stereocenters. The molecule has 1 heterocycles. The number of nitrogens with zero attached hydrogens (tertiary/aromatic N) is 2. The van der Waals surface area contributed by atoms with Crippen LogP contribution in [0.4, 0.5) is 4.79 Å². The molecular weight excluding hydrogens is 461 g/mol. The van der Waals surface area contributed by atoms with E-state index in [1.807, 2.05) is 65.0 Å². The van der Waals surface area contributed by atoms with Gasteiger partial charge in [0.25, 0.3) is 0 Å². The standard InChI is InChI=1S/C26H42BN3O6/c1-17(28-20(31)18(2)30(22(33)34)23(3,4)5)21(32)29(11)26(10,19-15-13-12-14-16-19)27-35-24(6,7)25(8,9)36-27/h12-18H,1-11H3,(H,28,31)(H,33,34). The Kier molecular flexibility index (Phi) is 8.28. The van der Waals surface area contributed by atoms with Crippen LogP contribution in [-0.2, 0) is 24.3 Å². The van der Waals surface area contributed by atoms with E-state index in [1.165, 1.54) is 6.92 Å². The maximum absolute atomic E-state index is 13.7. The fourth-order valence-electron chi connectivity index (χ4n) is 4.40. The van der Waals surface area contributed by atoms with Crippen molar-refractivity contribution in [2.45, 2.75) is 104 Å². The maximum atomic E-state index is 13.7. The molecule has 1 aliphatic heterocycles. The van der Waals surface area contributed by atoms with Gasteiger partial charge in [-0.1, -0.05) is 30.3 Å². The summed E-state index contributed by atoms with van der Waals surface area (Å²) in [6.45, 7) is 17.9. The van der Waals surface area contributed by atoms with E-state index >= 15 is 0 Å². The van der Waals surface area contributed by atoms with Crippen LogP contribution in [0.1, 0.15) is 74.8 Å². The number of carbonyl (C=O) groups excluding carboxylic acids is 2. The van der Waals surface area contributed by atoms with Crippen molar-refractivity contribution in [3.8, 4) is 0 Å². The molecule has 9 nitrogen and oxygen atoms in total. The molecule has 0 radical (unpaired) electrons. The zero-order valence-electron chi connectivity index (χ0n) is 23.5. The Hall–Kier alpha value is -2.59. The first-order valence-electron chi connectivity index (χ1n) is 12.3. The van der Waals surface area contributed by atoms with Gasteiger partial charge in [0.05, 0.1) is 16.6 Å². The fourth-order valence-corrected chi connectivity index (χ4v) is 4.40. The Morgan fingerprint density at radius 2 is 1.44 bits per heavy atom. The quantitative estimate of drug-likeness (QED) is 0.550. The highest BCUT2D eigenvalue weighted by molar-refractivity contribution is 6.50. The van der Waals surface area contributed by atoms with Crippen LogP contribution in [0.5, 0.6) is 0 Å². The highest BCUT2D eigenvalue weighted by atomic mass is 16.7. The van der Waals surface area contributed by atoms with E-state index in [4.69, 9.17) is 9.31 Å². The van der Waals surface area contributed by atoms with Crippen molar-refractivity contribution in [3.63, 3.8) is 0 Å². The van der Waals surface area contributed by atoms with Crippen LogP contribution in [0.2, 0.25) is 0 Å². The van der Waals surface area contributed by atoms with Crippen LogP contribution < -0.4 is 5.32 Å². The van der Waals surface area contributed by atoms with E-state index in [2.05, 4.69) is 5.32 Å². The minimum atomic E-state index is -1.21. The lowest BCUT2D eigenvalue weighted by atomic mass is 9.60. The number of rotatable bonds is 7. The van der Waals surface area contributed by atoms with Gasteiger partial charge in [-0.15, -0.1) is 0 Å². The molecule has 0 bridgehead atoms. The first kappa shape index (κ1) is 29.6. The Morgan fingerprint density at radius 1 is 0.972 bits per heavy atom. The van der Waals surface area contributed by atoms with Crippen LogP contribution in [0, 0.1) is 0 Å². The van der Waals surface area contributed by atoms with Crippen molar-refractivity contribution in [3.05, 3.63) is 35.9 Å². The Morgan fingerprint density at radius 3 is 1.86 bits per heavy atom. The number of hydrogen-bond donors (Lipinski definition) is 2. The SMILES string of the molecule is CC(NC(=O)C(C)N(C(=O)O)C(C)(C)C)C(=O)N(C)C(C)(B1OC(C)(C)C(C)(C)O1)c1ccccc1. The number of hydrogen-bond acceptors (Lipinski definition) is 5. The van der Waals surface area contributed by atoms with E-state index < -0.39 is 53.4 Å². The van der Waals surface area contributed by atoms with Gasteiger partial charge in [0.2, 0.25) is 11.8 Å². The first-order chi connectivity index (χ1) is 16.3. The molecule has 2 N–H and O–H groups in total. The lowest BCUT2D eigenvalue weighted by Gasteiger charge is -2.42. The monoisotopic (exact) mass is 503 g/mol. The smallest absolute Gasteiger partial charge is 0.465 e. The summed E-state index contributed by atoms with van der Waals surface area (Å²) >= 11 is 0. The average molecular weight is 503 g/mol. The van der Waals surface area contributed by atoms with E-state index in [9.17, 15) is 19.5 Å². The number of likely N-dealkylation sites (N-methyl/N-ethyl adjacent to an activating group) is 1. The third-order valence-electron chi connectivity index (χ3n) is 7.52. The minimum Gasteiger partial charge on any atom is -0.465 e. The van der Waals surface area contributed by atoms with Gasteiger partial charge in [0.1, 0.15) is 12.1 Å². The molecule has 0 aromatic heterocycles. The lowest BCUT2D eigenvalue weighted by Crippen LogP contribution is -2.61. The molecule has 1 aromatic rings. The van der Waals surface area contributed by atoms with Crippen LogP contribution in [0.25, 0.3) is 0 Å². The van der Waals surface area contributed by atoms with E-state index in [-0.39, 0.29) is 5.91 Å². The molecule has 3 amide bonds. The highest BCUT2D eigenvalue weighted by Gasteiger charge is 2.61.